The average Bonchev–Trinajstić information content (AvgIpc) is 2.74. The zero-order chi connectivity index (χ0) is 13.2. The molecule has 1 aromatic heterocycles. The van der Waals surface area contributed by atoms with Gasteiger partial charge in [-0.15, -0.1) is 11.3 Å². The summed E-state index contributed by atoms with van der Waals surface area (Å²) >= 11 is 4.45. The molecule has 1 fully saturated rings. The van der Waals surface area contributed by atoms with Crippen LogP contribution in [0.3, 0.4) is 0 Å². The maximum absolute atomic E-state index is 12.0. The maximum atomic E-state index is 12.0. The third-order valence-electron chi connectivity index (χ3n) is 2.66. The van der Waals surface area contributed by atoms with Gasteiger partial charge in [0.15, 0.2) is 0 Å². The number of morpholine rings is 1. The van der Waals surface area contributed by atoms with Crippen LogP contribution in [0.2, 0.25) is 0 Å². The van der Waals surface area contributed by atoms with Crippen LogP contribution in [-0.2, 0) is 14.8 Å². The lowest BCUT2D eigenvalue weighted by Gasteiger charge is -2.29. The minimum absolute atomic E-state index is 0.0815. The number of sulfonamides is 1. The molecule has 8 heteroatoms. The second-order valence-electron chi connectivity index (χ2n) is 4.17. The van der Waals surface area contributed by atoms with E-state index in [9.17, 15) is 8.42 Å². The summed E-state index contributed by atoms with van der Waals surface area (Å²) in [5, 5.41) is 0. The van der Waals surface area contributed by atoms with Crippen LogP contribution in [0.5, 0.6) is 0 Å². The Hall–Kier alpha value is 0.01000. The summed E-state index contributed by atoms with van der Waals surface area (Å²) in [7, 11) is -1.42. The highest BCUT2D eigenvalue weighted by Crippen LogP contribution is 2.25. The Kier molecular flexibility index (Phi) is 4.79. The zero-order valence-corrected chi connectivity index (χ0v) is 13.1. The summed E-state index contributed by atoms with van der Waals surface area (Å²) in [5.74, 6) is 0. The Labute approximate surface area is 119 Å². The van der Waals surface area contributed by atoms with Crippen molar-refractivity contribution in [2.75, 3.05) is 33.3 Å². The maximum Gasteiger partial charge on any atom is 0.250 e. The van der Waals surface area contributed by atoms with E-state index >= 15 is 0 Å². The van der Waals surface area contributed by atoms with Gasteiger partial charge in [0.2, 0.25) is 10.0 Å². The van der Waals surface area contributed by atoms with Gasteiger partial charge in [0.25, 0.3) is 0 Å². The summed E-state index contributed by atoms with van der Waals surface area (Å²) in [6, 6.07) is 3.31. The van der Waals surface area contributed by atoms with Crippen LogP contribution >= 0.6 is 27.3 Å². The topological polar surface area (TPSA) is 58.6 Å². The van der Waals surface area contributed by atoms with Crippen molar-refractivity contribution in [3.63, 3.8) is 0 Å². The molecule has 1 aliphatic heterocycles. The van der Waals surface area contributed by atoms with E-state index in [1.807, 2.05) is 7.05 Å². The minimum Gasteiger partial charge on any atom is -0.374 e. The van der Waals surface area contributed by atoms with E-state index in [0.717, 1.165) is 16.9 Å². The number of rotatable bonds is 4. The van der Waals surface area contributed by atoms with Gasteiger partial charge >= 0.3 is 0 Å². The Balaban J connectivity index is 1.93. The minimum atomic E-state index is -3.42. The molecule has 1 N–H and O–H groups in total. The van der Waals surface area contributed by atoms with Crippen LogP contribution in [0.15, 0.2) is 20.1 Å². The highest BCUT2D eigenvalue weighted by atomic mass is 79.9. The summed E-state index contributed by atoms with van der Waals surface area (Å²) < 4.78 is 33.2. The van der Waals surface area contributed by atoms with E-state index in [1.165, 1.54) is 11.3 Å². The Morgan fingerprint density at radius 3 is 3.00 bits per heavy atom. The molecule has 1 unspecified atom stereocenters. The van der Waals surface area contributed by atoms with Gasteiger partial charge in [0.1, 0.15) is 4.21 Å². The fourth-order valence-corrected chi connectivity index (χ4v) is 4.83. The third kappa shape index (κ3) is 3.75. The molecule has 1 saturated heterocycles. The predicted molar refractivity (Wildman–Crippen MR) is 74.4 cm³/mol. The molecule has 18 heavy (non-hydrogen) atoms. The van der Waals surface area contributed by atoms with Crippen LogP contribution in [0.25, 0.3) is 0 Å². The van der Waals surface area contributed by atoms with Crippen LogP contribution in [0.4, 0.5) is 0 Å². The van der Waals surface area contributed by atoms with Gasteiger partial charge in [-0.3, -0.25) is 0 Å². The smallest absolute Gasteiger partial charge is 0.250 e. The largest absolute Gasteiger partial charge is 0.374 e. The molecule has 1 aromatic rings. The van der Waals surface area contributed by atoms with Crippen molar-refractivity contribution in [2.24, 2.45) is 0 Å². The third-order valence-corrected chi connectivity index (χ3v) is 6.20. The predicted octanol–water partition coefficient (Wildman–Crippen LogP) is 1.12. The molecule has 2 rings (SSSR count). The molecule has 0 amide bonds. The zero-order valence-electron chi connectivity index (χ0n) is 9.93. The normalized spacial score (nSPS) is 22.2. The molecule has 5 nitrogen and oxygen atoms in total. The number of thiophene rings is 1. The lowest BCUT2D eigenvalue weighted by atomic mass is 10.3. The van der Waals surface area contributed by atoms with Crippen molar-refractivity contribution in [3.05, 3.63) is 15.9 Å². The molecule has 0 aromatic carbocycles. The fraction of sp³-hybridized carbons (Fsp3) is 0.600. The Morgan fingerprint density at radius 2 is 2.39 bits per heavy atom. The van der Waals surface area contributed by atoms with Crippen molar-refractivity contribution in [3.8, 4) is 0 Å². The number of ether oxygens (including phenoxy) is 1. The van der Waals surface area contributed by atoms with Crippen molar-refractivity contribution in [2.45, 2.75) is 10.3 Å². The molecular formula is C10H15BrN2O3S2. The van der Waals surface area contributed by atoms with E-state index in [0.29, 0.717) is 17.4 Å². The number of likely N-dealkylation sites (N-methyl/N-ethyl adjacent to an activating group) is 1. The Bertz CT molecular complexity index is 503. The van der Waals surface area contributed by atoms with Gasteiger partial charge in [-0.05, 0) is 35.1 Å². The SMILES string of the molecule is CN1CCOC(CNS(=O)(=O)c2ccc(Br)s2)C1. The Morgan fingerprint density at radius 1 is 1.61 bits per heavy atom. The van der Waals surface area contributed by atoms with Crippen LogP contribution < -0.4 is 4.72 Å². The number of hydrogen-bond acceptors (Lipinski definition) is 5. The monoisotopic (exact) mass is 354 g/mol. The van der Waals surface area contributed by atoms with Crippen LogP contribution in [0.1, 0.15) is 0 Å². The molecular weight excluding hydrogens is 340 g/mol. The summed E-state index contributed by atoms with van der Waals surface area (Å²) in [6.45, 7) is 2.59. The number of halogens is 1. The van der Waals surface area contributed by atoms with E-state index in [4.69, 9.17) is 4.74 Å². The van der Waals surface area contributed by atoms with Gasteiger partial charge in [-0.2, -0.15) is 0 Å². The lowest BCUT2D eigenvalue weighted by molar-refractivity contribution is -0.0156. The van der Waals surface area contributed by atoms with E-state index in [-0.39, 0.29) is 6.10 Å². The lowest BCUT2D eigenvalue weighted by Crippen LogP contribution is -2.45. The van der Waals surface area contributed by atoms with Gasteiger partial charge in [-0.1, -0.05) is 0 Å². The molecule has 1 aliphatic rings. The molecule has 0 aliphatic carbocycles. The van der Waals surface area contributed by atoms with Crippen molar-refractivity contribution < 1.29 is 13.2 Å². The average molecular weight is 355 g/mol. The van der Waals surface area contributed by atoms with E-state index in [2.05, 4.69) is 25.6 Å². The van der Waals surface area contributed by atoms with Crippen molar-refractivity contribution in [1.29, 1.82) is 0 Å². The molecule has 0 saturated carbocycles. The molecule has 0 radical (unpaired) electrons. The molecule has 0 spiro atoms. The van der Waals surface area contributed by atoms with Gasteiger partial charge < -0.3 is 9.64 Å². The van der Waals surface area contributed by atoms with Crippen molar-refractivity contribution >= 4 is 37.3 Å². The van der Waals surface area contributed by atoms with Gasteiger partial charge in [0, 0.05) is 19.6 Å². The first-order valence-electron chi connectivity index (χ1n) is 5.52. The molecule has 2 heterocycles. The number of nitrogens with one attached hydrogen (secondary N) is 1. The summed E-state index contributed by atoms with van der Waals surface area (Å²) in [5.41, 5.74) is 0. The molecule has 102 valence electrons. The molecule has 0 bridgehead atoms. The summed E-state index contributed by atoms with van der Waals surface area (Å²) in [4.78, 5) is 2.13. The highest BCUT2D eigenvalue weighted by molar-refractivity contribution is 9.11. The quantitative estimate of drug-likeness (QED) is 0.880. The molecule has 1 atom stereocenters. The van der Waals surface area contributed by atoms with Crippen molar-refractivity contribution in [1.82, 2.24) is 9.62 Å². The van der Waals surface area contributed by atoms with Crippen LogP contribution in [-0.4, -0.2) is 52.7 Å². The van der Waals surface area contributed by atoms with Gasteiger partial charge in [0.05, 0.1) is 16.5 Å². The number of hydrogen-bond donors (Lipinski definition) is 1. The van der Waals surface area contributed by atoms with E-state index in [1.54, 1.807) is 12.1 Å². The fourth-order valence-electron chi connectivity index (χ4n) is 1.71. The second-order valence-corrected chi connectivity index (χ2v) is 8.62. The van der Waals surface area contributed by atoms with E-state index < -0.39 is 10.0 Å². The highest BCUT2D eigenvalue weighted by Gasteiger charge is 2.22. The standard InChI is InChI=1S/C10H15BrN2O3S2/c1-13-4-5-16-8(7-13)6-12-18(14,15)10-3-2-9(11)17-10/h2-3,8,12H,4-7H2,1H3. The van der Waals surface area contributed by atoms with Crippen LogP contribution in [0, 0.1) is 0 Å². The number of nitrogens with zero attached hydrogens (tertiary/aromatic N) is 1. The van der Waals surface area contributed by atoms with Gasteiger partial charge in [-0.25, -0.2) is 13.1 Å². The first-order chi connectivity index (χ1) is 8.47. The second kappa shape index (κ2) is 5.98. The first kappa shape index (κ1) is 14.4. The first-order valence-corrected chi connectivity index (χ1v) is 8.62. The summed E-state index contributed by atoms with van der Waals surface area (Å²) in [6.07, 6.45) is -0.0815.